The summed E-state index contributed by atoms with van der Waals surface area (Å²) in [5.74, 6) is 0.526. The van der Waals surface area contributed by atoms with Gasteiger partial charge in [-0.05, 0) is 50.4 Å². The number of nitrogens with zero attached hydrogens (tertiary/aromatic N) is 2. The predicted molar refractivity (Wildman–Crippen MR) is 93.5 cm³/mol. The van der Waals surface area contributed by atoms with Crippen LogP contribution in [0.2, 0.25) is 0 Å². The lowest BCUT2D eigenvalue weighted by molar-refractivity contribution is 0.203. The van der Waals surface area contributed by atoms with Gasteiger partial charge in [-0.2, -0.15) is 0 Å². The minimum atomic E-state index is -0.167. The maximum atomic E-state index is 13.8. The van der Waals surface area contributed by atoms with E-state index in [4.69, 9.17) is 0 Å². The van der Waals surface area contributed by atoms with Crippen molar-refractivity contribution in [3.63, 3.8) is 0 Å². The van der Waals surface area contributed by atoms with Gasteiger partial charge < -0.3 is 15.1 Å². The molecule has 0 bridgehead atoms. The van der Waals surface area contributed by atoms with Crippen molar-refractivity contribution in [1.29, 1.82) is 0 Å². The Morgan fingerprint density at radius 2 is 2.21 bits per heavy atom. The first-order valence-electron chi connectivity index (χ1n) is 9.07. The monoisotopic (exact) mass is 333 g/mol. The maximum absolute atomic E-state index is 13.8. The molecule has 2 aliphatic rings. The Labute approximate surface area is 144 Å². The first-order valence-corrected chi connectivity index (χ1v) is 9.07. The number of likely N-dealkylation sites (tertiary alicyclic amines) is 1. The molecule has 5 heteroatoms. The number of amides is 2. The number of hydrogen-bond acceptors (Lipinski definition) is 2. The SMILES string of the molecule is CCCN(C)C[C@@H]1CCN(C(=O)N[C@@H]2C[C@H]2c2ccccc2F)C1. The molecule has 0 aromatic heterocycles. The van der Waals surface area contributed by atoms with E-state index in [9.17, 15) is 9.18 Å². The van der Waals surface area contributed by atoms with E-state index in [-0.39, 0.29) is 23.8 Å². The van der Waals surface area contributed by atoms with Crippen LogP contribution in [0, 0.1) is 11.7 Å². The van der Waals surface area contributed by atoms with E-state index in [1.54, 1.807) is 6.07 Å². The Kier molecular flexibility index (Phi) is 5.39. The third-order valence-electron chi connectivity index (χ3n) is 5.15. The summed E-state index contributed by atoms with van der Waals surface area (Å²) in [4.78, 5) is 16.7. The summed E-state index contributed by atoms with van der Waals surface area (Å²) >= 11 is 0. The first-order chi connectivity index (χ1) is 11.6. The Morgan fingerprint density at radius 3 is 2.96 bits per heavy atom. The number of halogens is 1. The second-order valence-corrected chi connectivity index (χ2v) is 7.28. The van der Waals surface area contributed by atoms with Gasteiger partial charge in [-0.3, -0.25) is 0 Å². The molecule has 1 saturated heterocycles. The van der Waals surface area contributed by atoms with Gasteiger partial charge in [0, 0.05) is 31.6 Å². The van der Waals surface area contributed by atoms with Crippen molar-refractivity contribution < 1.29 is 9.18 Å². The molecule has 0 radical (unpaired) electrons. The molecule has 1 saturated carbocycles. The zero-order valence-corrected chi connectivity index (χ0v) is 14.7. The third kappa shape index (κ3) is 4.07. The Morgan fingerprint density at radius 1 is 1.42 bits per heavy atom. The molecular weight excluding hydrogens is 305 g/mol. The lowest BCUT2D eigenvalue weighted by Crippen LogP contribution is -2.40. The first kappa shape index (κ1) is 17.2. The molecule has 132 valence electrons. The molecule has 1 aliphatic carbocycles. The van der Waals surface area contributed by atoms with Crippen LogP contribution in [0.1, 0.15) is 37.7 Å². The second kappa shape index (κ2) is 7.51. The van der Waals surface area contributed by atoms with Crippen molar-refractivity contribution in [3.05, 3.63) is 35.6 Å². The Bertz CT molecular complexity index is 579. The Balaban J connectivity index is 1.45. The van der Waals surface area contributed by atoms with Crippen LogP contribution in [-0.2, 0) is 0 Å². The van der Waals surface area contributed by atoms with Gasteiger partial charge in [-0.1, -0.05) is 25.1 Å². The number of carbonyl (C=O) groups excluding carboxylic acids is 1. The number of urea groups is 1. The van der Waals surface area contributed by atoms with Gasteiger partial charge in [0.1, 0.15) is 5.82 Å². The molecule has 1 heterocycles. The average molecular weight is 333 g/mol. The molecule has 1 aliphatic heterocycles. The van der Waals surface area contributed by atoms with Crippen molar-refractivity contribution in [3.8, 4) is 0 Å². The third-order valence-corrected chi connectivity index (χ3v) is 5.15. The molecule has 3 rings (SSSR count). The van der Waals surface area contributed by atoms with Crippen LogP contribution in [0.25, 0.3) is 0 Å². The predicted octanol–water partition coefficient (Wildman–Crippen LogP) is 3.05. The summed E-state index contributed by atoms with van der Waals surface area (Å²) in [5.41, 5.74) is 0.725. The van der Waals surface area contributed by atoms with Crippen molar-refractivity contribution in [1.82, 2.24) is 15.1 Å². The summed E-state index contributed by atoms with van der Waals surface area (Å²) in [6.07, 6.45) is 3.07. The van der Waals surface area contributed by atoms with Gasteiger partial charge in [-0.15, -0.1) is 0 Å². The van der Waals surface area contributed by atoms with E-state index in [1.165, 1.54) is 6.07 Å². The molecule has 4 nitrogen and oxygen atoms in total. The molecule has 2 fully saturated rings. The highest BCUT2D eigenvalue weighted by molar-refractivity contribution is 5.75. The van der Waals surface area contributed by atoms with E-state index in [1.807, 2.05) is 17.0 Å². The van der Waals surface area contributed by atoms with Gasteiger partial charge in [0.05, 0.1) is 0 Å². The molecule has 3 atom stereocenters. The van der Waals surface area contributed by atoms with Crippen molar-refractivity contribution in [2.75, 3.05) is 33.2 Å². The number of benzene rings is 1. The lowest BCUT2D eigenvalue weighted by Gasteiger charge is -2.21. The molecule has 1 aromatic rings. The van der Waals surface area contributed by atoms with Crippen LogP contribution in [0.15, 0.2) is 24.3 Å². The van der Waals surface area contributed by atoms with E-state index in [0.717, 1.165) is 51.0 Å². The highest BCUT2D eigenvalue weighted by Gasteiger charge is 2.42. The normalized spacial score (nSPS) is 26.0. The zero-order chi connectivity index (χ0) is 17.1. The molecule has 0 spiro atoms. The van der Waals surface area contributed by atoms with Crippen LogP contribution < -0.4 is 5.32 Å². The standard InChI is InChI=1S/C19H28FN3O/c1-3-9-22(2)12-14-8-10-23(13-14)19(24)21-18-11-16(18)15-6-4-5-7-17(15)20/h4-7,14,16,18H,3,8-13H2,1-2H3,(H,21,24)/t14-,16-,18+/m0/s1. The van der Waals surface area contributed by atoms with Crippen molar-refractivity contribution in [2.24, 2.45) is 5.92 Å². The number of rotatable bonds is 6. The van der Waals surface area contributed by atoms with Crippen LogP contribution in [0.5, 0.6) is 0 Å². The van der Waals surface area contributed by atoms with E-state index >= 15 is 0 Å². The van der Waals surface area contributed by atoms with E-state index < -0.39 is 0 Å². The van der Waals surface area contributed by atoms with Gasteiger partial charge in [0.25, 0.3) is 0 Å². The topological polar surface area (TPSA) is 35.6 Å². The van der Waals surface area contributed by atoms with E-state index in [0.29, 0.717) is 5.92 Å². The molecule has 2 amide bonds. The molecule has 24 heavy (non-hydrogen) atoms. The van der Waals surface area contributed by atoms with Crippen molar-refractivity contribution >= 4 is 6.03 Å². The minimum absolute atomic E-state index is 0.0134. The summed E-state index contributed by atoms with van der Waals surface area (Å²) < 4.78 is 13.8. The zero-order valence-electron chi connectivity index (χ0n) is 14.7. The van der Waals surface area contributed by atoms with Crippen LogP contribution in [0.3, 0.4) is 0 Å². The minimum Gasteiger partial charge on any atom is -0.335 e. The van der Waals surface area contributed by atoms with Gasteiger partial charge in [0.15, 0.2) is 0 Å². The lowest BCUT2D eigenvalue weighted by atomic mass is 10.1. The summed E-state index contributed by atoms with van der Waals surface area (Å²) in [7, 11) is 2.15. The summed E-state index contributed by atoms with van der Waals surface area (Å²) in [5, 5.41) is 3.08. The van der Waals surface area contributed by atoms with Gasteiger partial charge >= 0.3 is 6.03 Å². The van der Waals surface area contributed by atoms with Gasteiger partial charge in [-0.25, -0.2) is 9.18 Å². The second-order valence-electron chi connectivity index (χ2n) is 7.28. The molecule has 0 unspecified atom stereocenters. The fraction of sp³-hybridized carbons (Fsp3) is 0.632. The average Bonchev–Trinajstić information content (AvgIpc) is 3.14. The number of hydrogen-bond donors (Lipinski definition) is 1. The van der Waals surface area contributed by atoms with Crippen LogP contribution in [-0.4, -0.2) is 55.1 Å². The quantitative estimate of drug-likeness (QED) is 0.868. The Hall–Kier alpha value is -1.62. The highest BCUT2D eigenvalue weighted by atomic mass is 19.1. The fourth-order valence-electron chi connectivity index (χ4n) is 3.80. The smallest absolute Gasteiger partial charge is 0.317 e. The maximum Gasteiger partial charge on any atom is 0.317 e. The van der Waals surface area contributed by atoms with Crippen molar-refractivity contribution in [2.45, 2.75) is 38.1 Å². The number of carbonyl (C=O) groups is 1. The number of nitrogens with one attached hydrogen (secondary N) is 1. The molecule has 1 aromatic carbocycles. The molecular formula is C19H28FN3O. The summed E-state index contributed by atoms with van der Waals surface area (Å²) in [6, 6.07) is 6.96. The largest absolute Gasteiger partial charge is 0.335 e. The highest BCUT2D eigenvalue weighted by Crippen LogP contribution is 2.42. The fourth-order valence-corrected chi connectivity index (χ4v) is 3.80. The summed E-state index contributed by atoms with van der Waals surface area (Å²) in [6.45, 7) is 6.00. The molecule has 1 N–H and O–H groups in total. The van der Waals surface area contributed by atoms with Crippen LogP contribution >= 0.6 is 0 Å². The van der Waals surface area contributed by atoms with E-state index in [2.05, 4.69) is 24.2 Å². The van der Waals surface area contributed by atoms with Crippen LogP contribution in [0.4, 0.5) is 9.18 Å². The van der Waals surface area contributed by atoms with Gasteiger partial charge in [0.2, 0.25) is 0 Å².